The molecule has 0 aliphatic carbocycles. The van der Waals surface area contributed by atoms with Gasteiger partial charge in [0, 0.05) is 12.1 Å². The third-order valence-corrected chi connectivity index (χ3v) is 5.32. The maximum Gasteiger partial charge on any atom is 0.336 e. The summed E-state index contributed by atoms with van der Waals surface area (Å²) < 4.78 is 27.3. The first kappa shape index (κ1) is 23.6. The van der Waals surface area contributed by atoms with E-state index in [0.29, 0.717) is 22.6 Å². The van der Waals surface area contributed by atoms with Crippen molar-refractivity contribution < 1.29 is 28.2 Å². The Balaban J connectivity index is 1.50. The first-order valence-corrected chi connectivity index (χ1v) is 10.8. The zero-order valence-electron chi connectivity index (χ0n) is 19.8. The van der Waals surface area contributed by atoms with E-state index in [0.717, 1.165) is 16.7 Å². The minimum absolute atomic E-state index is 0.0776. The van der Waals surface area contributed by atoms with E-state index in [2.05, 4.69) is 0 Å². The molecule has 0 fully saturated rings. The van der Waals surface area contributed by atoms with Crippen molar-refractivity contribution in [2.45, 2.75) is 13.8 Å². The minimum atomic E-state index is -0.587. The SMILES string of the molecule is COc1ccc(/C=C/C(=O)Oc2ccc3c(=O)c(Oc4cc(C)ccc4C)coc3c2)cc1OC. The second kappa shape index (κ2) is 10.2. The van der Waals surface area contributed by atoms with Gasteiger partial charge in [-0.3, -0.25) is 4.79 Å². The number of hydrogen-bond acceptors (Lipinski definition) is 7. The van der Waals surface area contributed by atoms with Crippen molar-refractivity contribution >= 4 is 23.0 Å². The number of methoxy groups -OCH3 is 2. The summed E-state index contributed by atoms with van der Waals surface area (Å²) in [5.74, 6) is 1.46. The molecule has 35 heavy (non-hydrogen) atoms. The topological polar surface area (TPSA) is 84.2 Å². The number of carbonyl (C=O) groups is 1. The summed E-state index contributed by atoms with van der Waals surface area (Å²) in [4.78, 5) is 25.2. The van der Waals surface area contributed by atoms with Gasteiger partial charge in [-0.1, -0.05) is 18.2 Å². The highest BCUT2D eigenvalue weighted by atomic mass is 16.5. The predicted molar refractivity (Wildman–Crippen MR) is 133 cm³/mol. The van der Waals surface area contributed by atoms with E-state index in [1.165, 1.54) is 37.6 Å². The molecular weight excluding hydrogens is 448 g/mol. The Morgan fingerprint density at radius 3 is 2.43 bits per heavy atom. The fourth-order valence-corrected chi connectivity index (χ4v) is 3.43. The van der Waals surface area contributed by atoms with E-state index in [1.807, 2.05) is 32.0 Å². The molecule has 0 amide bonds. The molecule has 178 valence electrons. The average Bonchev–Trinajstić information content (AvgIpc) is 2.86. The number of benzene rings is 3. The summed E-state index contributed by atoms with van der Waals surface area (Å²) >= 11 is 0. The molecule has 0 atom stereocenters. The number of aryl methyl sites for hydroxylation is 2. The quantitative estimate of drug-likeness (QED) is 0.190. The largest absolute Gasteiger partial charge is 0.493 e. The summed E-state index contributed by atoms with van der Waals surface area (Å²) in [6, 6.07) is 15.6. The zero-order chi connectivity index (χ0) is 24.9. The highest BCUT2D eigenvalue weighted by Crippen LogP contribution is 2.29. The molecule has 7 heteroatoms. The van der Waals surface area contributed by atoms with Crippen LogP contribution in [0.25, 0.3) is 17.0 Å². The Morgan fingerprint density at radius 2 is 1.66 bits per heavy atom. The van der Waals surface area contributed by atoms with E-state index in [1.54, 1.807) is 31.4 Å². The molecule has 1 heterocycles. The van der Waals surface area contributed by atoms with Gasteiger partial charge >= 0.3 is 5.97 Å². The summed E-state index contributed by atoms with van der Waals surface area (Å²) in [6.07, 6.45) is 4.15. The van der Waals surface area contributed by atoms with Crippen molar-refractivity contribution in [3.63, 3.8) is 0 Å². The highest BCUT2D eigenvalue weighted by molar-refractivity contribution is 5.89. The van der Waals surface area contributed by atoms with Gasteiger partial charge in [0.1, 0.15) is 23.3 Å². The van der Waals surface area contributed by atoms with Crippen LogP contribution in [-0.2, 0) is 4.79 Å². The van der Waals surface area contributed by atoms with E-state index in [4.69, 9.17) is 23.4 Å². The van der Waals surface area contributed by atoms with Gasteiger partial charge in [0.25, 0.3) is 0 Å². The molecule has 4 rings (SSSR count). The summed E-state index contributed by atoms with van der Waals surface area (Å²) in [6.45, 7) is 3.85. The average molecular weight is 472 g/mol. The maximum absolute atomic E-state index is 12.9. The molecule has 0 bridgehead atoms. The first-order valence-electron chi connectivity index (χ1n) is 10.8. The molecule has 3 aromatic carbocycles. The Bertz CT molecular complexity index is 1480. The van der Waals surface area contributed by atoms with Gasteiger partial charge in [-0.15, -0.1) is 0 Å². The van der Waals surface area contributed by atoms with Crippen LogP contribution in [0.5, 0.6) is 28.7 Å². The van der Waals surface area contributed by atoms with Gasteiger partial charge in [-0.25, -0.2) is 4.79 Å². The highest BCUT2D eigenvalue weighted by Gasteiger charge is 2.12. The minimum Gasteiger partial charge on any atom is -0.493 e. The third-order valence-electron chi connectivity index (χ3n) is 5.32. The zero-order valence-corrected chi connectivity index (χ0v) is 19.8. The van der Waals surface area contributed by atoms with Gasteiger partial charge in [-0.2, -0.15) is 0 Å². The van der Waals surface area contributed by atoms with E-state index in [9.17, 15) is 9.59 Å². The summed E-state index contributed by atoms with van der Waals surface area (Å²) in [5.41, 5.74) is 2.61. The van der Waals surface area contributed by atoms with Crippen molar-refractivity contribution in [2.75, 3.05) is 14.2 Å². The monoisotopic (exact) mass is 472 g/mol. The lowest BCUT2D eigenvalue weighted by Crippen LogP contribution is -2.07. The van der Waals surface area contributed by atoms with Crippen LogP contribution in [0.1, 0.15) is 16.7 Å². The van der Waals surface area contributed by atoms with Crippen molar-refractivity contribution in [1.82, 2.24) is 0 Å². The maximum atomic E-state index is 12.9. The fraction of sp³-hybridized carbons (Fsp3) is 0.143. The second-order valence-corrected chi connectivity index (χ2v) is 7.83. The molecule has 0 radical (unpaired) electrons. The van der Waals surface area contributed by atoms with Crippen LogP contribution in [0.2, 0.25) is 0 Å². The molecule has 0 saturated heterocycles. The number of ether oxygens (including phenoxy) is 4. The number of carbonyl (C=O) groups excluding carboxylic acids is 1. The van der Waals surface area contributed by atoms with Crippen LogP contribution in [0.4, 0.5) is 0 Å². The molecule has 4 aromatic rings. The standard InChI is InChI=1S/C28H24O7/c1-17-5-6-18(2)23(13-17)35-26-16-33-24-15-20(9-10-21(24)28(26)30)34-27(29)12-8-19-7-11-22(31-3)25(14-19)32-4/h5-16H,1-4H3/b12-8+. The smallest absolute Gasteiger partial charge is 0.336 e. The number of fused-ring (bicyclic) bond motifs is 1. The normalized spacial score (nSPS) is 11.0. The van der Waals surface area contributed by atoms with Gasteiger partial charge in [0.2, 0.25) is 11.2 Å². The Kier molecular flexibility index (Phi) is 6.87. The van der Waals surface area contributed by atoms with E-state index >= 15 is 0 Å². The van der Waals surface area contributed by atoms with Crippen molar-refractivity contribution in [3.8, 4) is 28.7 Å². The predicted octanol–water partition coefficient (Wildman–Crippen LogP) is 5.84. The Morgan fingerprint density at radius 1 is 0.857 bits per heavy atom. The Hall–Kier alpha value is -4.52. The molecule has 0 saturated carbocycles. The van der Waals surface area contributed by atoms with Crippen LogP contribution < -0.4 is 24.4 Å². The van der Waals surface area contributed by atoms with E-state index in [-0.39, 0.29) is 22.5 Å². The van der Waals surface area contributed by atoms with Crippen LogP contribution in [-0.4, -0.2) is 20.2 Å². The summed E-state index contributed by atoms with van der Waals surface area (Å²) in [5, 5.41) is 0.313. The fourth-order valence-electron chi connectivity index (χ4n) is 3.43. The van der Waals surface area contributed by atoms with E-state index < -0.39 is 5.97 Å². The van der Waals surface area contributed by atoms with Crippen molar-refractivity contribution in [1.29, 1.82) is 0 Å². The van der Waals surface area contributed by atoms with Crippen molar-refractivity contribution in [3.05, 3.63) is 93.9 Å². The van der Waals surface area contributed by atoms with Crippen LogP contribution in [0.3, 0.4) is 0 Å². The molecule has 0 unspecified atom stereocenters. The molecule has 0 aliphatic heterocycles. The second-order valence-electron chi connectivity index (χ2n) is 7.83. The lowest BCUT2D eigenvalue weighted by molar-refractivity contribution is -0.128. The van der Waals surface area contributed by atoms with Crippen molar-refractivity contribution in [2.24, 2.45) is 0 Å². The molecule has 7 nitrogen and oxygen atoms in total. The van der Waals surface area contributed by atoms with Crippen LogP contribution in [0.15, 0.2) is 76.1 Å². The van der Waals surface area contributed by atoms with Crippen LogP contribution in [0, 0.1) is 13.8 Å². The number of esters is 1. The molecule has 0 aliphatic rings. The lowest BCUT2D eigenvalue weighted by Gasteiger charge is -2.09. The van der Waals surface area contributed by atoms with Crippen LogP contribution >= 0.6 is 0 Å². The Labute approximate surface area is 202 Å². The molecule has 1 aromatic heterocycles. The molecular formula is C28H24O7. The van der Waals surface area contributed by atoms with Gasteiger partial charge in [-0.05, 0) is 66.9 Å². The number of rotatable bonds is 7. The molecule has 0 N–H and O–H groups in total. The lowest BCUT2D eigenvalue weighted by atomic mass is 10.1. The van der Waals surface area contributed by atoms with Gasteiger partial charge in [0.15, 0.2) is 11.5 Å². The van der Waals surface area contributed by atoms with Gasteiger partial charge < -0.3 is 23.4 Å². The molecule has 0 spiro atoms. The first-order chi connectivity index (χ1) is 16.9. The third kappa shape index (κ3) is 5.35. The van der Waals surface area contributed by atoms with Gasteiger partial charge in [0.05, 0.1) is 19.6 Å². The summed E-state index contributed by atoms with van der Waals surface area (Å²) in [7, 11) is 3.09. The number of hydrogen-bond donors (Lipinski definition) is 0.